The fraction of sp³-hybridized carbons (Fsp3) is 1.00. The zero-order chi connectivity index (χ0) is 9.68. The summed E-state index contributed by atoms with van der Waals surface area (Å²) in [6.07, 6.45) is 1.99. The highest BCUT2D eigenvalue weighted by Crippen LogP contribution is 2.29. The van der Waals surface area contributed by atoms with E-state index in [2.05, 4.69) is 0 Å². The van der Waals surface area contributed by atoms with Gasteiger partial charge in [-0.05, 0) is 25.2 Å². The predicted molar refractivity (Wildman–Crippen MR) is 46.8 cm³/mol. The van der Waals surface area contributed by atoms with Gasteiger partial charge in [-0.1, -0.05) is 6.42 Å². The number of alkyl halides is 2. The minimum absolute atomic E-state index is 0.145. The molecule has 0 aliphatic heterocycles. The van der Waals surface area contributed by atoms with Crippen LogP contribution in [0.2, 0.25) is 0 Å². The maximum Gasteiger partial charge on any atom is 0.261 e. The first-order chi connectivity index (χ1) is 6.20. The Labute approximate surface area is 77.4 Å². The van der Waals surface area contributed by atoms with Crippen molar-refractivity contribution >= 4 is 0 Å². The molecule has 0 aromatic heterocycles. The fourth-order valence-electron chi connectivity index (χ4n) is 1.50. The third-order valence-electron chi connectivity index (χ3n) is 2.59. The molecular weight excluding hydrogens is 176 g/mol. The van der Waals surface area contributed by atoms with E-state index in [1.54, 1.807) is 0 Å². The van der Waals surface area contributed by atoms with E-state index in [9.17, 15) is 8.78 Å². The summed E-state index contributed by atoms with van der Waals surface area (Å²) in [4.78, 5) is 0. The van der Waals surface area contributed by atoms with Crippen LogP contribution in [-0.4, -0.2) is 25.7 Å². The zero-order valence-electron chi connectivity index (χ0n) is 7.72. The number of halogens is 2. The quantitative estimate of drug-likeness (QED) is 0.653. The van der Waals surface area contributed by atoms with Gasteiger partial charge < -0.3 is 10.5 Å². The molecule has 0 radical (unpaired) electrons. The normalized spacial score (nSPS) is 20.3. The van der Waals surface area contributed by atoms with Crippen molar-refractivity contribution in [2.24, 2.45) is 11.7 Å². The van der Waals surface area contributed by atoms with E-state index in [1.807, 2.05) is 0 Å². The predicted octanol–water partition coefficient (Wildman–Crippen LogP) is 1.79. The standard InChI is InChI=1S/C9H17F2NO/c10-9(11)6-13-5-4-8(12)7-2-1-3-7/h7-9H,1-6,12H2. The third-order valence-corrected chi connectivity index (χ3v) is 2.59. The lowest BCUT2D eigenvalue weighted by Crippen LogP contribution is -2.35. The first-order valence-electron chi connectivity index (χ1n) is 4.81. The highest BCUT2D eigenvalue weighted by atomic mass is 19.3. The SMILES string of the molecule is NC(CCOCC(F)F)C1CCC1. The van der Waals surface area contributed by atoms with Crippen molar-refractivity contribution in [1.82, 2.24) is 0 Å². The van der Waals surface area contributed by atoms with Gasteiger partial charge in [0.2, 0.25) is 0 Å². The molecule has 0 spiro atoms. The highest BCUT2D eigenvalue weighted by Gasteiger charge is 2.23. The van der Waals surface area contributed by atoms with Crippen LogP contribution in [0.3, 0.4) is 0 Å². The second kappa shape index (κ2) is 5.50. The zero-order valence-corrected chi connectivity index (χ0v) is 7.72. The van der Waals surface area contributed by atoms with E-state index in [-0.39, 0.29) is 6.04 Å². The van der Waals surface area contributed by atoms with Crippen LogP contribution in [0.25, 0.3) is 0 Å². The minimum atomic E-state index is -2.36. The molecule has 78 valence electrons. The Balaban J connectivity index is 1.92. The smallest absolute Gasteiger partial charge is 0.261 e. The number of rotatable bonds is 6. The molecule has 0 saturated heterocycles. The van der Waals surface area contributed by atoms with Crippen LogP contribution >= 0.6 is 0 Å². The minimum Gasteiger partial charge on any atom is -0.375 e. The number of nitrogens with two attached hydrogens (primary N) is 1. The Morgan fingerprint density at radius 2 is 2.08 bits per heavy atom. The van der Waals surface area contributed by atoms with Crippen molar-refractivity contribution in [3.8, 4) is 0 Å². The highest BCUT2D eigenvalue weighted by molar-refractivity contribution is 4.79. The van der Waals surface area contributed by atoms with E-state index >= 15 is 0 Å². The second-order valence-electron chi connectivity index (χ2n) is 3.61. The molecule has 2 N–H and O–H groups in total. The Bertz CT molecular complexity index is 140. The van der Waals surface area contributed by atoms with E-state index in [1.165, 1.54) is 19.3 Å². The molecule has 1 rings (SSSR count). The first kappa shape index (κ1) is 10.9. The molecule has 1 aliphatic carbocycles. The van der Waals surface area contributed by atoms with Crippen molar-refractivity contribution in [3.05, 3.63) is 0 Å². The van der Waals surface area contributed by atoms with Crippen molar-refractivity contribution in [1.29, 1.82) is 0 Å². The monoisotopic (exact) mass is 193 g/mol. The largest absolute Gasteiger partial charge is 0.375 e. The fourth-order valence-corrected chi connectivity index (χ4v) is 1.50. The van der Waals surface area contributed by atoms with Gasteiger partial charge in [0.05, 0.1) is 0 Å². The van der Waals surface area contributed by atoms with Crippen LogP contribution in [0.1, 0.15) is 25.7 Å². The maximum atomic E-state index is 11.6. The van der Waals surface area contributed by atoms with Gasteiger partial charge in [-0.25, -0.2) is 8.78 Å². The number of hydrogen-bond acceptors (Lipinski definition) is 2. The van der Waals surface area contributed by atoms with Gasteiger partial charge in [0.15, 0.2) is 0 Å². The van der Waals surface area contributed by atoms with Crippen molar-refractivity contribution in [2.45, 2.75) is 38.2 Å². The molecule has 1 saturated carbocycles. The van der Waals surface area contributed by atoms with Crippen molar-refractivity contribution in [3.63, 3.8) is 0 Å². The molecule has 13 heavy (non-hydrogen) atoms. The summed E-state index contributed by atoms with van der Waals surface area (Å²) in [7, 11) is 0. The van der Waals surface area contributed by atoms with E-state index in [0.29, 0.717) is 18.9 Å². The van der Waals surface area contributed by atoms with Gasteiger partial charge in [0.25, 0.3) is 6.43 Å². The topological polar surface area (TPSA) is 35.2 Å². The van der Waals surface area contributed by atoms with Crippen LogP contribution in [0.15, 0.2) is 0 Å². The molecule has 0 aromatic rings. The molecule has 1 unspecified atom stereocenters. The summed E-state index contributed by atoms with van der Waals surface area (Å²) in [6.45, 7) is -0.0978. The van der Waals surface area contributed by atoms with Crippen molar-refractivity contribution < 1.29 is 13.5 Å². The maximum absolute atomic E-state index is 11.6. The van der Waals surface area contributed by atoms with Crippen LogP contribution in [0.4, 0.5) is 8.78 Å². The Morgan fingerprint density at radius 3 is 2.54 bits per heavy atom. The lowest BCUT2D eigenvalue weighted by Gasteiger charge is -2.31. The molecule has 1 fully saturated rings. The Hall–Kier alpha value is -0.220. The van der Waals surface area contributed by atoms with Gasteiger partial charge >= 0.3 is 0 Å². The van der Waals surface area contributed by atoms with E-state index in [4.69, 9.17) is 10.5 Å². The summed E-state index contributed by atoms with van der Waals surface area (Å²) in [5.41, 5.74) is 5.83. The van der Waals surface area contributed by atoms with Crippen molar-refractivity contribution in [2.75, 3.05) is 13.2 Å². The Morgan fingerprint density at radius 1 is 1.38 bits per heavy atom. The molecule has 0 heterocycles. The van der Waals surface area contributed by atoms with Crippen LogP contribution in [0, 0.1) is 5.92 Å². The summed E-state index contributed by atoms with van der Waals surface area (Å²) >= 11 is 0. The van der Waals surface area contributed by atoms with Gasteiger partial charge in [-0.2, -0.15) is 0 Å². The van der Waals surface area contributed by atoms with Gasteiger partial charge in [-0.15, -0.1) is 0 Å². The molecular formula is C9H17F2NO. The average Bonchev–Trinajstić information content (AvgIpc) is 1.94. The number of hydrogen-bond donors (Lipinski definition) is 1. The molecule has 2 nitrogen and oxygen atoms in total. The van der Waals surface area contributed by atoms with E-state index < -0.39 is 13.0 Å². The summed E-state index contributed by atoms with van der Waals surface area (Å²) in [5.74, 6) is 0.607. The number of ether oxygens (including phenoxy) is 1. The second-order valence-corrected chi connectivity index (χ2v) is 3.61. The molecule has 0 bridgehead atoms. The summed E-state index contributed by atoms with van der Waals surface area (Å²) < 4.78 is 28.0. The van der Waals surface area contributed by atoms with Gasteiger partial charge in [0, 0.05) is 12.6 Å². The Kier molecular flexibility index (Phi) is 4.59. The third kappa shape index (κ3) is 4.00. The lowest BCUT2D eigenvalue weighted by molar-refractivity contribution is 0.0127. The van der Waals surface area contributed by atoms with Crippen LogP contribution in [-0.2, 0) is 4.74 Å². The summed E-state index contributed by atoms with van der Waals surface area (Å²) in [5, 5.41) is 0. The summed E-state index contributed by atoms with van der Waals surface area (Å²) in [6, 6.07) is 0.145. The lowest BCUT2D eigenvalue weighted by atomic mass is 9.79. The molecule has 1 aliphatic rings. The molecule has 0 amide bonds. The van der Waals surface area contributed by atoms with Crippen LogP contribution in [0.5, 0.6) is 0 Å². The van der Waals surface area contributed by atoms with Gasteiger partial charge in [0.1, 0.15) is 6.61 Å². The van der Waals surface area contributed by atoms with E-state index in [0.717, 1.165) is 0 Å². The first-order valence-corrected chi connectivity index (χ1v) is 4.81. The molecule has 0 aromatic carbocycles. The molecule has 1 atom stereocenters. The van der Waals surface area contributed by atoms with Crippen LogP contribution < -0.4 is 5.73 Å². The van der Waals surface area contributed by atoms with Gasteiger partial charge in [-0.3, -0.25) is 0 Å². The average molecular weight is 193 g/mol. The molecule has 4 heteroatoms.